The molecule has 5 rings (SSSR count). The van der Waals surface area contributed by atoms with E-state index in [1.54, 1.807) is 72.8 Å². The maximum absolute atomic E-state index is 13.0. The van der Waals surface area contributed by atoms with E-state index in [2.05, 4.69) is 10.6 Å². The van der Waals surface area contributed by atoms with Gasteiger partial charge < -0.3 is 15.4 Å². The van der Waals surface area contributed by atoms with Crippen molar-refractivity contribution in [2.75, 3.05) is 15.5 Å². The summed E-state index contributed by atoms with van der Waals surface area (Å²) in [4.78, 5) is 39.6. The molecular weight excluding hydrogens is 502 g/mol. The summed E-state index contributed by atoms with van der Waals surface area (Å²) in [6.07, 6.45) is 0. The molecule has 0 unspecified atom stereocenters. The lowest BCUT2D eigenvalue weighted by Gasteiger charge is -2.15. The number of benzene rings is 4. The summed E-state index contributed by atoms with van der Waals surface area (Å²) in [6.45, 7) is 1.91. The highest BCUT2D eigenvalue weighted by Crippen LogP contribution is 2.30. The monoisotopic (exact) mass is 523 g/mol. The van der Waals surface area contributed by atoms with Gasteiger partial charge in [0.2, 0.25) is 0 Å². The summed E-state index contributed by atoms with van der Waals surface area (Å²) in [6, 6.07) is 29.9. The summed E-state index contributed by atoms with van der Waals surface area (Å²) >= 11 is 6.24. The topological polar surface area (TPSA) is 87.7 Å². The van der Waals surface area contributed by atoms with E-state index in [-0.39, 0.29) is 16.6 Å². The number of imide groups is 1. The fourth-order valence-electron chi connectivity index (χ4n) is 3.86. The van der Waals surface area contributed by atoms with Crippen molar-refractivity contribution in [2.45, 2.75) is 6.92 Å². The highest BCUT2D eigenvalue weighted by Gasteiger charge is 2.38. The van der Waals surface area contributed by atoms with Crippen LogP contribution in [0.25, 0.3) is 0 Å². The van der Waals surface area contributed by atoms with Crippen molar-refractivity contribution in [3.63, 3.8) is 0 Å². The average molecular weight is 524 g/mol. The Morgan fingerprint density at radius 1 is 0.763 bits per heavy atom. The summed E-state index contributed by atoms with van der Waals surface area (Å²) < 4.78 is 5.78. The van der Waals surface area contributed by atoms with Crippen molar-refractivity contribution in [3.8, 4) is 11.5 Å². The van der Waals surface area contributed by atoms with Gasteiger partial charge in [0.25, 0.3) is 17.7 Å². The van der Waals surface area contributed by atoms with E-state index in [1.165, 1.54) is 0 Å². The molecule has 188 valence electrons. The molecule has 0 aliphatic carbocycles. The van der Waals surface area contributed by atoms with Gasteiger partial charge in [-0.05, 0) is 73.7 Å². The lowest BCUT2D eigenvalue weighted by Crippen LogP contribution is -2.32. The minimum Gasteiger partial charge on any atom is -0.457 e. The molecule has 0 aromatic heterocycles. The molecule has 2 N–H and O–H groups in total. The van der Waals surface area contributed by atoms with Crippen LogP contribution in [0.15, 0.2) is 114 Å². The number of anilines is 3. The second kappa shape index (κ2) is 10.6. The van der Waals surface area contributed by atoms with Crippen molar-refractivity contribution >= 4 is 46.4 Å². The first-order chi connectivity index (χ1) is 18.4. The molecular formula is C30H22ClN3O4. The maximum Gasteiger partial charge on any atom is 0.283 e. The first-order valence-corrected chi connectivity index (χ1v) is 12.1. The standard InChI is InChI=1S/C30H22ClN3O4/c1-19-10-14-23(15-11-19)34-29(36)26(31)27(30(34)37)32-22-7-5-6-20(18-22)28(35)33-21-12-16-25(17-13-21)38-24-8-3-2-4-9-24/h2-18,32H,1H3,(H,33,35). The van der Waals surface area contributed by atoms with Gasteiger partial charge in [0, 0.05) is 16.9 Å². The fourth-order valence-corrected chi connectivity index (χ4v) is 4.07. The highest BCUT2D eigenvalue weighted by atomic mass is 35.5. The molecule has 3 amide bonds. The van der Waals surface area contributed by atoms with Crippen LogP contribution in [-0.2, 0) is 9.59 Å². The van der Waals surface area contributed by atoms with Gasteiger partial charge in [-0.2, -0.15) is 0 Å². The van der Waals surface area contributed by atoms with Crippen molar-refractivity contribution in [3.05, 3.63) is 125 Å². The van der Waals surface area contributed by atoms with Crippen molar-refractivity contribution < 1.29 is 19.1 Å². The summed E-state index contributed by atoms with van der Waals surface area (Å²) in [5.41, 5.74) is 2.74. The first-order valence-electron chi connectivity index (χ1n) is 11.8. The zero-order chi connectivity index (χ0) is 26.6. The first kappa shape index (κ1) is 24.8. The number of hydrogen-bond donors (Lipinski definition) is 2. The zero-order valence-electron chi connectivity index (χ0n) is 20.3. The molecule has 0 saturated carbocycles. The number of carbonyl (C=O) groups is 3. The number of rotatable bonds is 7. The number of nitrogens with one attached hydrogen (secondary N) is 2. The Labute approximate surface area is 224 Å². The van der Waals surface area contributed by atoms with Crippen LogP contribution in [0.3, 0.4) is 0 Å². The summed E-state index contributed by atoms with van der Waals surface area (Å²) in [7, 11) is 0. The van der Waals surface area contributed by atoms with Crippen molar-refractivity contribution in [1.82, 2.24) is 0 Å². The van der Waals surface area contributed by atoms with Crippen LogP contribution >= 0.6 is 11.6 Å². The average Bonchev–Trinajstić information content (AvgIpc) is 3.14. The van der Waals surface area contributed by atoms with Crippen molar-refractivity contribution in [1.29, 1.82) is 0 Å². The lowest BCUT2D eigenvalue weighted by atomic mass is 10.1. The van der Waals surface area contributed by atoms with Crippen molar-refractivity contribution in [2.24, 2.45) is 0 Å². The van der Waals surface area contributed by atoms with Crippen LogP contribution in [0.2, 0.25) is 0 Å². The Morgan fingerprint density at radius 2 is 1.45 bits per heavy atom. The van der Waals surface area contributed by atoms with Gasteiger partial charge in [-0.25, -0.2) is 4.90 Å². The Morgan fingerprint density at radius 3 is 2.16 bits per heavy atom. The molecule has 0 saturated heterocycles. The van der Waals surface area contributed by atoms with Crippen LogP contribution in [-0.4, -0.2) is 17.7 Å². The van der Waals surface area contributed by atoms with Crippen LogP contribution in [0.5, 0.6) is 11.5 Å². The Bertz CT molecular complexity index is 1550. The minimum atomic E-state index is -0.614. The molecule has 1 aliphatic heterocycles. The predicted molar refractivity (Wildman–Crippen MR) is 148 cm³/mol. The van der Waals surface area contributed by atoms with Gasteiger partial charge >= 0.3 is 0 Å². The Kier molecular flexibility index (Phi) is 6.93. The molecule has 1 aliphatic rings. The number of carbonyl (C=O) groups excluding carboxylic acids is 3. The second-order valence-electron chi connectivity index (χ2n) is 8.57. The summed E-state index contributed by atoms with van der Waals surface area (Å²) in [5.74, 6) is -0.178. The molecule has 8 heteroatoms. The smallest absolute Gasteiger partial charge is 0.283 e. The molecule has 7 nitrogen and oxygen atoms in total. The Balaban J connectivity index is 1.26. The molecule has 0 bridgehead atoms. The predicted octanol–water partition coefficient (Wildman–Crippen LogP) is 6.48. The van der Waals surface area contributed by atoms with Gasteiger partial charge in [0.15, 0.2) is 0 Å². The number of nitrogens with zero attached hydrogens (tertiary/aromatic N) is 1. The number of ether oxygens (including phenoxy) is 1. The number of halogens is 1. The van der Waals surface area contributed by atoms with E-state index in [9.17, 15) is 14.4 Å². The normalized spacial score (nSPS) is 13.1. The molecule has 0 radical (unpaired) electrons. The number of amides is 3. The number of aryl methyl sites for hydroxylation is 1. The molecule has 0 spiro atoms. The third-order valence-electron chi connectivity index (χ3n) is 5.80. The van der Waals surface area contributed by atoms with Crippen LogP contribution < -0.4 is 20.3 Å². The van der Waals surface area contributed by atoms with Crippen LogP contribution in [0.4, 0.5) is 17.1 Å². The highest BCUT2D eigenvalue weighted by molar-refractivity contribution is 6.53. The van der Waals surface area contributed by atoms with E-state index in [0.717, 1.165) is 10.5 Å². The fraction of sp³-hybridized carbons (Fsp3) is 0.0333. The second-order valence-corrected chi connectivity index (χ2v) is 8.95. The van der Waals surface area contributed by atoms with E-state index >= 15 is 0 Å². The molecule has 1 heterocycles. The van der Waals surface area contributed by atoms with E-state index in [0.29, 0.717) is 34.1 Å². The third-order valence-corrected chi connectivity index (χ3v) is 6.16. The quantitative estimate of drug-likeness (QED) is 0.271. The van der Waals surface area contributed by atoms with Crippen LogP contribution in [0, 0.1) is 6.92 Å². The van der Waals surface area contributed by atoms with Gasteiger partial charge in [0.05, 0.1) is 5.69 Å². The van der Waals surface area contributed by atoms with Gasteiger partial charge in [0.1, 0.15) is 22.2 Å². The minimum absolute atomic E-state index is 0.0520. The SMILES string of the molecule is Cc1ccc(N2C(=O)C(Cl)=C(Nc3cccc(C(=O)Nc4ccc(Oc5ccccc5)cc4)c3)C2=O)cc1. The number of para-hydroxylation sites is 1. The van der Waals surface area contributed by atoms with E-state index < -0.39 is 11.8 Å². The lowest BCUT2D eigenvalue weighted by molar-refractivity contribution is -0.120. The molecule has 4 aromatic carbocycles. The Hall–Kier alpha value is -4.88. The largest absolute Gasteiger partial charge is 0.457 e. The van der Waals surface area contributed by atoms with Crippen LogP contribution in [0.1, 0.15) is 15.9 Å². The van der Waals surface area contributed by atoms with Gasteiger partial charge in [-0.1, -0.05) is 53.6 Å². The van der Waals surface area contributed by atoms with E-state index in [1.807, 2.05) is 37.3 Å². The zero-order valence-corrected chi connectivity index (χ0v) is 21.0. The number of hydrogen-bond acceptors (Lipinski definition) is 5. The van der Waals surface area contributed by atoms with E-state index in [4.69, 9.17) is 16.3 Å². The molecule has 0 fully saturated rings. The van der Waals surface area contributed by atoms with Gasteiger partial charge in [-0.3, -0.25) is 14.4 Å². The third kappa shape index (κ3) is 5.28. The summed E-state index contributed by atoms with van der Waals surface area (Å²) in [5, 5.41) is 5.53. The van der Waals surface area contributed by atoms with Gasteiger partial charge in [-0.15, -0.1) is 0 Å². The molecule has 38 heavy (non-hydrogen) atoms. The molecule has 4 aromatic rings. The molecule has 0 atom stereocenters. The maximum atomic E-state index is 13.0.